The number of carbonyl (C=O) groups excluding carboxylic acids is 2. The number of aryl methyl sites for hydroxylation is 1. The summed E-state index contributed by atoms with van der Waals surface area (Å²) in [6, 6.07) is 5.28. The van der Waals surface area contributed by atoms with E-state index in [1.807, 2.05) is 13.0 Å². The SMILES string of the molecule is Cc1ccc(NC(=O)C(C)C)cc1NC(=O)CC1(C(=O)O)CCC1. The van der Waals surface area contributed by atoms with Gasteiger partial charge in [-0.3, -0.25) is 14.4 Å². The van der Waals surface area contributed by atoms with Crippen molar-refractivity contribution in [3.05, 3.63) is 23.8 Å². The minimum absolute atomic E-state index is 0.0235. The van der Waals surface area contributed by atoms with Crippen molar-refractivity contribution in [3.63, 3.8) is 0 Å². The fourth-order valence-corrected chi connectivity index (χ4v) is 2.69. The standard InChI is InChI=1S/C18H24N2O4/c1-11(2)16(22)19-13-6-5-12(3)14(9-13)20-15(21)10-18(17(23)24)7-4-8-18/h5-6,9,11H,4,7-8,10H2,1-3H3,(H,19,22)(H,20,21)(H,23,24). The van der Waals surface area contributed by atoms with Crippen LogP contribution in [0.5, 0.6) is 0 Å². The summed E-state index contributed by atoms with van der Waals surface area (Å²) in [4.78, 5) is 35.4. The molecule has 0 bridgehead atoms. The van der Waals surface area contributed by atoms with Gasteiger partial charge in [-0.1, -0.05) is 26.3 Å². The minimum atomic E-state index is -0.915. The summed E-state index contributed by atoms with van der Waals surface area (Å²) in [5.41, 5.74) is 1.12. The van der Waals surface area contributed by atoms with Crippen molar-refractivity contribution in [1.29, 1.82) is 0 Å². The Morgan fingerprint density at radius 1 is 1.21 bits per heavy atom. The quantitative estimate of drug-likeness (QED) is 0.745. The van der Waals surface area contributed by atoms with E-state index in [1.165, 1.54) is 0 Å². The van der Waals surface area contributed by atoms with Crippen LogP contribution < -0.4 is 10.6 Å². The maximum Gasteiger partial charge on any atom is 0.310 e. The van der Waals surface area contributed by atoms with E-state index in [0.29, 0.717) is 24.2 Å². The average molecular weight is 332 g/mol. The molecule has 0 aromatic heterocycles. The third kappa shape index (κ3) is 3.93. The van der Waals surface area contributed by atoms with Crippen molar-refractivity contribution in [2.75, 3.05) is 10.6 Å². The smallest absolute Gasteiger partial charge is 0.310 e. The lowest BCUT2D eigenvalue weighted by Gasteiger charge is -2.36. The Hall–Kier alpha value is -2.37. The number of hydrogen-bond donors (Lipinski definition) is 3. The lowest BCUT2D eigenvalue weighted by atomic mass is 9.66. The van der Waals surface area contributed by atoms with Gasteiger partial charge in [-0.15, -0.1) is 0 Å². The molecule has 1 fully saturated rings. The van der Waals surface area contributed by atoms with Gasteiger partial charge in [0.05, 0.1) is 5.41 Å². The molecule has 1 aromatic carbocycles. The highest BCUT2D eigenvalue weighted by Gasteiger charge is 2.45. The second-order valence-corrected chi connectivity index (χ2v) is 6.84. The normalized spacial score (nSPS) is 15.5. The Labute approximate surface area is 141 Å². The van der Waals surface area contributed by atoms with Crippen molar-refractivity contribution in [1.82, 2.24) is 0 Å². The van der Waals surface area contributed by atoms with Crippen LogP contribution in [0.4, 0.5) is 11.4 Å². The summed E-state index contributed by atoms with van der Waals surface area (Å²) in [5.74, 6) is -1.46. The number of nitrogens with one attached hydrogen (secondary N) is 2. The molecular weight excluding hydrogens is 308 g/mol. The van der Waals surface area contributed by atoms with Crippen LogP contribution in [0.2, 0.25) is 0 Å². The first-order chi connectivity index (χ1) is 11.2. The maximum atomic E-state index is 12.3. The van der Waals surface area contributed by atoms with Crippen LogP contribution in [0.25, 0.3) is 0 Å². The van der Waals surface area contributed by atoms with E-state index in [1.54, 1.807) is 26.0 Å². The van der Waals surface area contributed by atoms with Gasteiger partial charge in [0.15, 0.2) is 0 Å². The molecule has 0 atom stereocenters. The van der Waals surface area contributed by atoms with E-state index in [9.17, 15) is 19.5 Å². The molecule has 2 rings (SSSR count). The van der Waals surface area contributed by atoms with Crippen LogP contribution >= 0.6 is 0 Å². The van der Waals surface area contributed by atoms with E-state index >= 15 is 0 Å². The average Bonchev–Trinajstić information content (AvgIpc) is 2.45. The zero-order chi connectivity index (χ0) is 17.9. The van der Waals surface area contributed by atoms with Crippen LogP contribution in [0.15, 0.2) is 18.2 Å². The molecule has 6 nitrogen and oxygen atoms in total. The highest BCUT2D eigenvalue weighted by Crippen LogP contribution is 2.44. The Morgan fingerprint density at radius 2 is 1.88 bits per heavy atom. The van der Waals surface area contributed by atoms with Crippen molar-refractivity contribution >= 4 is 29.2 Å². The first-order valence-electron chi connectivity index (χ1n) is 8.18. The van der Waals surface area contributed by atoms with Crippen molar-refractivity contribution in [2.24, 2.45) is 11.3 Å². The van der Waals surface area contributed by atoms with Gasteiger partial charge in [0.2, 0.25) is 11.8 Å². The lowest BCUT2D eigenvalue weighted by molar-refractivity contribution is -0.157. The molecule has 0 spiro atoms. The molecule has 130 valence electrons. The Kier molecular flexibility index (Phi) is 5.26. The van der Waals surface area contributed by atoms with E-state index in [4.69, 9.17) is 0 Å². The number of anilines is 2. The number of carbonyl (C=O) groups is 3. The molecule has 1 saturated carbocycles. The summed E-state index contributed by atoms with van der Waals surface area (Å²) in [7, 11) is 0. The van der Waals surface area contributed by atoms with Crippen LogP contribution in [0, 0.1) is 18.3 Å². The summed E-state index contributed by atoms with van der Waals surface area (Å²) in [6.07, 6.45) is 1.90. The van der Waals surface area contributed by atoms with Gasteiger partial charge in [-0.2, -0.15) is 0 Å². The van der Waals surface area contributed by atoms with Gasteiger partial charge >= 0.3 is 5.97 Å². The Bertz CT molecular complexity index is 663. The third-order valence-corrected chi connectivity index (χ3v) is 4.57. The van der Waals surface area contributed by atoms with Gasteiger partial charge < -0.3 is 15.7 Å². The Balaban J connectivity index is 2.07. The van der Waals surface area contributed by atoms with E-state index in [0.717, 1.165) is 12.0 Å². The lowest BCUT2D eigenvalue weighted by Crippen LogP contribution is -2.41. The topological polar surface area (TPSA) is 95.5 Å². The zero-order valence-corrected chi connectivity index (χ0v) is 14.3. The number of benzene rings is 1. The number of aliphatic carboxylic acids is 1. The predicted molar refractivity (Wildman–Crippen MR) is 91.8 cm³/mol. The molecule has 0 unspecified atom stereocenters. The fraction of sp³-hybridized carbons (Fsp3) is 0.500. The van der Waals surface area contributed by atoms with Crippen molar-refractivity contribution < 1.29 is 19.5 Å². The first-order valence-corrected chi connectivity index (χ1v) is 8.18. The number of carboxylic acids is 1. The molecule has 0 aliphatic heterocycles. The molecule has 3 N–H and O–H groups in total. The number of carboxylic acid groups (broad SMARTS) is 1. The molecule has 0 radical (unpaired) electrons. The monoisotopic (exact) mass is 332 g/mol. The van der Waals surface area contributed by atoms with Gasteiger partial charge in [-0.25, -0.2) is 0 Å². The highest BCUT2D eigenvalue weighted by atomic mass is 16.4. The van der Waals surface area contributed by atoms with Gasteiger partial charge in [0.25, 0.3) is 0 Å². The zero-order valence-electron chi connectivity index (χ0n) is 14.3. The minimum Gasteiger partial charge on any atom is -0.481 e. The van der Waals surface area contributed by atoms with E-state index in [-0.39, 0.29) is 24.2 Å². The second kappa shape index (κ2) is 7.03. The molecular formula is C18H24N2O4. The van der Waals surface area contributed by atoms with Gasteiger partial charge in [-0.05, 0) is 37.5 Å². The fourth-order valence-electron chi connectivity index (χ4n) is 2.69. The molecule has 1 aliphatic rings. The van der Waals surface area contributed by atoms with E-state index < -0.39 is 11.4 Å². The molecule has 0 saturated heterocycles. The maximum absolute atomic E-state index is 12.3. The first kappa shape index (κ1) is 18.0. The summed E-state index contributed by atoms with van der Waals surface area (Å²) in [5, 5.41) is 14.9. The molecule has 1 aliphatic carbocycles. The van der Waals surface area contributed by atoms with Crippen molar-refractivity contribution in [2.45, 2.75) is 46.5 Å². The molecule has 0 heterocycles. The number of rotatable bonds is 6. The van der Waals surface area contributed by atoms with Crippen LogP contribution in [-0.4, -0.2) is 22.9 Å². The van der Waals surface area contributed by atoms with Crippen LogP contribution in [0.1, 0.15) is 45.1 Å². The van der Waals surface area contributed by atoms with E-state index in [2.05, 4.69) is 10.6 Å². The second-order valence-electron chi connectivity index (χ2n) is 6.84. The molecule has 24 heavy (non-hydrogen) atoms. The third-order valence-electron chi connectivity index (χ3n) is 4.57. The number of hydrogen-bond acceptors (Lipinski definition) is 3. The van der Waals surface area contributed by atoms with Crippen molar-refractivity contribution in [3.8, 4) is 0 Å². The highest BCUT2D eigenvalue weighted by molar-refractivity contribution is 5.97. The largest absolute Gasteiger partial charge is 0.481 e. The Morgan fingerprint density at radius 3 is 2.38 bits per heavy atom. The molecule has 1 aromatic rings. The van der Waals surface area contributed by atoms with Gasteiger partial charge in [0, 0.05) is 23.7 Å². The van der Waals surface area contributed by atoms with Crippen LogP contribution in [-0.2, 0) is 14.4 Å². The van der Waals surface area contributed by atoms with Crippen LogP contribution in [0.3, 0.4) is 0 Å². The summed E-state index contributed by atoms with van der Waals surface area (Å²) in [6.45, 7) is 5.45. The predicted octanol–water partition coefficient (Wildman–Crippen LogP) is 3.17. The number of amides is 2. The van der Waals surface area contributed by atoms with Gasteiger partial charge in [0.1, 0.15) is 0 Å². The summed E-state index contributed by atoms with van der Waals surface area (Å²) >= 11 is 0. The summed E-state index contributed by atoms with van der Waals surface area (Å²) < 4.78 is 0. The molecule has 2 amide bonds. The molecule has 6 heteroatoms.